The van der Waals surface area contributed by atoms with Crippen molar-refractivity contribution in [3.05, 3.63) is 54.7 Å². The van der Waals surface area contributed by atoms with Gasteiger partial charge in [0, 0.05) is 30.4 Å². The molecule has 166 valence electrons. The number of carbonyl (C=O) groups excluding carboxylic acids is 1. The van der Waals surface area contributed by atoms with Crippen LogP contribution in [0.4, 0.5) is 4.39 Å². The van der Waals surface area contributed by atoms with Gasteiger partial charge in [0.15, 0.2) is 11.6 Å². The molecule has 0 radical (unpaired) electrons. The van der Waals surface area contributed by atoms with Crippen molar-refractivity contribution in [1.29, 1.82) is 0 Å². The van der Waals surface area contributed by atoms with Gasteiger partial charge < -0.3 is 14.8 Å². The molecule has 3 aromatic rings. The zero-order valence-electron chi connectivity index (χ0n) is 17.7. The molecule has 0 aliphatic heterocycles. The minimum absolute atomic E-state index is 0.279. The van der Waals surface area contributed by atoms with E-state index in [0.29, 0.717) is 48.2 Å². The van der Waals surface area contributed by atoms with Gasteiger partial charge in [-0.15, -0.1) is 0 Å². The molecule has 1 aliphatic rings. The predicted octanol–water partition coefficient (Wildman–Crippen LogP) is 4.14. The normalized spacial score (nSPS) is 18.1. The van der Waals surface area contributed by atoms with Crippen LogP contribution in [0.2, 0.25) is 0 Å². The number of hydrogen-bond donors (Lipinski definition) is 1. The highest BCUT2D eigenvalue weighted by atomic mass is 19.1. The second-order valence-corrected chi connectivity index (χ2v) is 7.43. The van der Waals surface area contributed by atoms with E-state index in [2.05, 4.69) is 25.3 Å². The summed E-state index contributed by atoms with van der Waals surface area (Å²) in [6.45, 7) is 2.37. The van der Waals surface area contributed by atoms with Crippen molar-refractivity contribution in [3.63, 3.8) is 0 Å². The van der Waals surface area contributed by atoms with Crippen LogP contribution in [0.1, 0.15) is 43.0 Å². The number of ether oxygens (including phenoxy) is 2. The molecule has 4 rings (SSSR count). The smallest absolute Gasteiger partial charge is 0.262 e. The maximum Gasteiger partial charge on any atom is 0.262 e. The molecule has 1 N–H and O–H groups in total. The molecule has 3 aromatic heterocycles. The summed E-state index contributed by atoms with van der Waals surface area (Å²) in [7, 11) is 0. The first kappa shape index (κ1) is 21.6. The Morgan fingerprint density at radius 3 is 2.75 bits per heavy atom. The number of alkyl halides is 1. The highest BCUT2D eigenvalue weighted by Crippen LogP contribution is 2.30. The van der Waals surface area contributed by atoms with Gasteiger partial charge in [0.05, 0.1) is 24.4 Å². The quantitative estimate of drug-likeness (QED) is 0.593. The largest absolute Gasteiger partial charge is 0.488 e. The third-order valence-corrected chi connectivity index (χ3v) is 5.13. The van der Waals surface area contributed by atoms with Gasteiger partial charge >= 0.3 is 0 Å². The summed E-state index contributed by atoms with van der Waals surface area (Å²) in [4.78, 5) is 29.4. The van der Waals surface area contributed by atoms with Crippen molar-refractivity contribution in [2.75, 3.05) is 6.61 Å². The molecule has 1 aliphatic carbocycles. The Bertz CT molecular complexity index is 1060. The number of pyridine rings is 2. The Kier molecular flexibility index (Phi) is 6.84. The minimum atomic E-state index is -1.01. The van der Waals surface area contributed by atoms with Crippen molar-refractivity contribution in [2.24, 2.45) is 0 Å². The van der Waals surface area contributed by atoms with Crippen molar-refractivity contribution in [2.45, 2.75) is 44.8 Å². The molecule has 1 amide bonds. The first-order chi connectivity index (χ1) is 15.6. The Hall–Kier alpha value is -3.62. The molecule has 32 heavy (non-hydrogen) atoms. The van der Waals surface area contributed by atoms with Gasteiger partial charge in [-0.1, -0.05) is 12.8 Å². The van der Waals surface area contributed by atoms with E-state index in [1.807, 2.05) is 6.92 Å². The first-order valence-corrected chi connectivity index (χ1v) is 10.6. The summed E-state index contributed by atoms with van der Waals surface area (Å²) >= 11 is 0. The second-order valence-electron chi connectivity index (χ2n) is 7.43. The number of rotatable bonds is 7. The summed E-state index contributed by atoms with van der Waals surface area (Å²) in [5.41, 5.74) is 0.890. The summed E-state index contributed by atoms with van der Waals surface area (Å²) < 4.78 is 25.3. The van der Waals surface area contributed by atoms with E-state index in [1.165, 1.54) is 12.4 Å². The van der Waals surface area contributed by atoms with E-state index >= 15 is 0 Å². The zero-order chi connectivity index (χ0) is 22.3. The molecule has 1 saturated carbocycles. The lowest BCUT2D eigenvalue weighted by Crippen LogP contribution is -2.43. The Morgan fingerprint density at radius 2 is 1.97 bits per heavy atom. The Balaban J connectivity index is 1.46. The molecule has 0 saturated heterocycles. The van der Waals surface area contributed by atoms with E-state index in [4.69, 9.17) is 9.47 Å². The lowest BCUT2D eigenvalue weighted by atomic mass is 9.93. The van der Waals surface area contributed by atoms with Gasteiger partial charge in [0.2, 0.25) is 0 Å². The number of hydrogen-bond acceptors (Lipinski definition) is 7. The van der Waals surface area contributed by atoms with Crippen LogP contribution < -0.4 is 14.8 Å². The molecule has 2 atom stereocenters. The molecule has 9 heteroatoms. The van der Waals surface area contributed by atoms with E-state index in [9.17, 15) is 9.18 Å². The van der Waals surface area contributed by atoms with Crippen molar-refractivity contribution < 1.29 is 18.7 Å². The van der Waals surface area contributed by atoms with Gasteiger partial charge in [0.1, 0.15) is 11.9 Å². The summed E-state index contributed by atoms with van der Waals surface area (Å²) in [6.07, 6.45) is 9.49. The standard InChI is InChI=1S/C23H24FN5O3/c1-2-31-20-8-5-9-26-23(20)32-17-10-15(11-25-14-17)21-27-12-16(13-28-21)22(30)29-19-7-4-3-6-18(19)24/h5,8-14,18-19H,2-4,6-7H2,1H3,(H,29,30)/t18-,19-/m0/s1. The molecule has 0 spiro atoms. The lowest BCUT2D eigenvalue weighted by Gasteiger charge is -2.26. The number of aromatic nitrogens is 4. The molecule has 0 aromatic carbocycles. The van der Waals surface area contributed by atoms with Crippen molar-refractivity contribution in [3.8, 4) is 28.8 Å². The van der Waals surface area contributed by atoms with Crippen LogP contribution in [0.15, 0.2) is 49.2 Å². The second kappa shape index (κ2) is 10.1. The Morgan fingerprint density at radius 1 is 1.16 bits per heavy atom. The van der Waals surface area contributed by atoms with Crippen molar-refractivity contribution in [1.82, 2.24) is 25.3 Å². The summed E-state index contributed by atoms with van der Waals surface area (Å²) in [5.74, 6) is 1.31. The number of halogens is 1. The molecule has 1 fully saturated rings. The van der Waals surface area contributed by atoms with Crippen LogP contribution >= 0.6 is 0 Å². The maximum atomic E-state index is 14.0. The fourth-order valence-corrected chi connectivity index (χ4v) is 3.52. The van der Waals surface area contributed by atoms with Gasteiger partial charge in [-0.2, -0.15) is 0 Å². The van der Waals surface area contributed by atoms with E-state index in [1.54, 1.807) is 36.8 Å². The lowest BCUT2D eigenvalue weighted by molar-refractivity contribution is 0.0883. The van der Waals surface area contributed by atoms with Gasteiger partial charge in [-0.3, -0.25) is 9.78 Å². The molecule has 8 nitrogen and oxygen atoms in total. The topological polar surface area (TPSA) is 99.1 Å². The molecular weight excluding hydrogens is 413 g/mol. The molecule has 0 unspecified atom stereocenters. The highest BCUT2D eigenvalue weighted by Gasteiger charge is 2.26. The minimum Gasteiger partial charge on any atom is -0.488 e. The number of carbonyl (C=O) groups is 1. The number of nitrogens with one attached hydrogen (secondary N) is 1. The van der Waals surface area contributed by atoms with Crippen LogP contribution in [0.5, 0.6) is 17.4 Å². The molecular formula is C23H24FN5O3. The van der Waals surface area contributed by atoms with Gasteiger partial charge in [0.25, 0.3) is 11.8 Å². The van der Waals surface area contributed by atoms with Crippen LogP contribution in [0, 0.1) is 0 Å². The highest BCUT2D eigenvalue weighted by molar-refractivity contribution is 5.94. The molecule has 0 bridgehead atoms. The Labute approximate surface area is 185 Å². The fraction of sp³-hybridized carbons (Fsp3) is 0.348. The molecule has 3 heterocycles. The van der Waals surface area contributed by atoms with E-state index < -0.39 is 12.2 Å². The fourth-order valence-electron chi connectivity index (χ4n) is 3.52. The summed E-state index contributed by atoms with van der Waals surface area (Å²) in [6, 6.07) is 4.80. The average molecular weight is 437 g/mol. The number of nitrogens with zero attached hydrogens (tertiary/aromatic N) is 4. The zero-order valence-corrected chi connectivity index (χ0v) is 17.7. The third-order valence-electron chi connectivity index (χ3n) is 5.13. The van der Waals surface area contributed by atoms with Crippen molar-refractivity contribution >= 4 is 5.91 Å². The van der Waals surface area contributed by atoms with Crippen LogP contribution in [-0.2, 0) is 0 Å². The van der Waals surface area contributed by atoms with E-state index in [-0.39, 0.29) is 11.5 Å². The summed E-state index contributed by atoms with van der Waals surface area (Å²) in [5, 5.41) is 2.75. The van der Waals surface area contributed by atoms with Crippen LogP contribution in [0.3, 0.4) is 0 Å². The number of amides is 1. The van der Waals surface area contributed by atoms with Gasteiger partial charge in [-0.25, -0.2) is 19.3 Å². The van der Waals surface area contributed by atoms with E-state index in [0.717, 1.165) is 12.8 Å². The average Bonchev–Trinajstić information content (AvgIpc) is 2.82. The monoisotopic (exact) mass is 437 g/mol. The van der Waals surface area contributed by atoms with Crippen LogP contribution in [-0.4, -0.2) is 44.7 Å². The first-order valence-electron chi connectivity index (χ1n) is 10.6. The van der Waals surface area contributed by atoms with Gasteiger partial charge in [-0.05, 0) is 38.0 Å². The SMILES string of the molecule is CCOc1cccnc1Oc1cncc(-c2ncc(C(=O)N[C@H]3CCCC[C@@H]3F)cn2)c1. The maximum absolute atomic E-state index is 14.0. The predicted molar refractivity (Wildman–Crippen MR) is 115 cm³/mol. The van der Waals surface area contributed by atoms with Crippen LogP contribution in [0.25, 0.3) is 11.4 Å². The third kappa shape index (κ3) is 5.16.